The van der Waals surface area contributed by atoms with Gasteiger partial charge in [0.25, 0.3) is 0 Å². The predicted molar refractivity (Wildman–Crippen MR) is 81.8 cm³/mol. The van der Waals surface area contributed by atoms with Crippen LogP contribution in [0.1, 0.15) is 17.9 Å². The molecule has 0 spiro atoms. The summed E-state index contributed by atoms with van der Waals surface area (Å²) >= 11 is 5.99. The summed E-state index contributed by atoms with van der Waals surface area (Å²) < 4.78 is 26.8. The molecule has 4 nitrogen and oxygen atoms in total. The Morgan fingerprint density at radius 1 is 1.19 bits per heavy atom. The molecule has 1 fully saturated rings. The maximum absolute atomic E-state index is 12.6. The number of sulfonamides is 1. The summed E-state index contributed by atoms with van der Waals surface area (Å²) in [7, 11) is -3.57. The first-order chi connectivity index (χ1) is 10.1. The second kappa shape index (κ2) is 5.75. The Morgan fingerprint density at radius 3 is 2.67 bits per heavy atom. The van der Waals surface area contributed by atoms with E-state index in [9.17, 15) is 8.42 Å². The summed E-state index contributed by atoms with van der Waals surface area (Å²) in [6.45, 7) is 0.991. The van der Waals surface area contributed by atoms with E-state index in [0.29, 0.717) is 13.1 Å². The fourth-order valence-corrected chi connectivity index (χ4v) is 4.54. The molecule has 1 aromatic carbocycles. The van der Waals surface area contributed by atoms with Gasteiger partial charge in [0.15, 0.2) is 0 Å². The molecule has 0 bridgehead atoms. The molecule has 1 atom stereocenters. The van der Waals surface area contributed by atoms with Crippen molar-refractivity contribution in [3.05, 3.63) is 59.4 Å². The third-order valence-corrected chi connectivity index (χ3v) is 6.11. The molecule has 6 heteroatoms. The molecule has 1 unspecified atom stereocenters. The first-order valence-electron chi connectivity index (χ1n) is 6.73. The number of halogens is 1. The van der Waals surface area contributed by atoms with Crippen LogP contribution in [-0.2, 0) is 10.0 Å². The van der Waals surface area contributed by atoms with Gasteiger partial charge >= 0.3 is 0 Å². The molecule has 110 valence electrons. The van der Waals surface area contributed by atoms with Crippen molar-refractivity contribution in [2.45, 2.75) is 17.2 Å². The number of benzene rings is 1. The summed E-state index contributed by atoms with van der Waals surface area (Å²) in [6.07, 6.45) is 3.62. The van der Waals surface area contributed by atoms with E-state index in [1.807, 2.05) is 30.3 Å². The SMILES string of the molecule is O=S(=O)(c1cnccc1Cl)N1CCC(c2ccccc2)C1. The molecule has 3 rings (SSSR count). The third-order valence-electron chi connectivity index (χ3n) is 3.77. The van der Waals surface area contributed by atoms with Gasteiger partial charge in [-0.2, -0.15) is 4.31 Å². The average Bonchev–Trinajstić information content (AvgIpc) is 2.99. The van der Waals surface area contributed by atoms with Crippen LogP contribution in [0.5, 0.6) is 0 Å². The Balaban J connectivity index is 1.85. The van der Waals surface area contributed by atoms with Gasteiger partial charge in [-0.05, 0) is 24.0 Å². The molecule has 0 radical (unpaired) electrons. The average molecular weight is 323 g/mol. The fourth-order valence-electron chi connectivity index (χ4n) is 2.64. The second-order valence-corrected chi connectivity index (χ2v) is 7.38. The summed E-state index contributed by atoms with van der Waals surface area (Å²) in [4.78, 5) is 3.95. The highest BCUT2D eigenvalue weighted by Crippen LogP contribution is 2.32. The Bertz CT molecular complexity index is 734. The molecular weight excluding hydrogens is 308 g/mol. The lowest BCUT2D eigenvalue weighted by Crippen LogP contribution is -2.29. The van der Waals surface area contributed by atoms with Crippen LogP contribution in [0.25, 0.3) is 0 Å². The molecule has 0 amide bonds. The van der Waals surface area contributed by atoms with Gasteiger partial charge in [0, 0.05) is 25.5 Å². The fraction of sp³-hybridized carbons (Fsp3) is 0.267. The highest BCUT2D eigenvalue weighted by Gasteiger charge is 2.34. The molecule has 0 saturated carbocycles. The van der Waals surface area contributed by atoms with E-state index in [1.165, 1.54) is 28.3 Å². The molecule has 1 aliphatic heterocycles. The van der Waals surface area contributed by atoms with Gasteiger partial charge in [0.1, 0.15) is 4.90 Å². The van der Waals surface area contributed by atoms with Gasteiger partial charge in [-0.3, -0.25) is 4.98 Å². The summed E-state index contributed by atoms with van der Waals surface area (Å²) in [6, 6.07) is 11.5. The van der Waals surface area contributed by atoms with Crippen molar-refractivity contribution in [2.24, 2.45) is 0 Å². The Kier molecular flexibility index (Phi) is 3.97. The van der Waals surface area contributed by atoms with Crippen LogP contribution in [0.15, 0.2) is 53.7 Å². The van der Waals surface area contributed by atoms with Crippen LogP contribution in [0.4, 0.5) is 0 Å². The van der Waals surface area contributed by atoms with E-state index in [-0.39, 0.29) is 15.8 Å². The zero-order valence-corrected chi connectivity index (χ0v) is 12.9. The van der Waals surface area contributed by atoms with Gasteiger partial charge in [-0.15, -0.1) is 0 Å². The lowest BCUT2D eigenvalue weighted by Gasteiger charge is -2.17. The molecule has 1 aromatic heterocycles. The maximum atomic E-state index is 12.6. The van der Waals surface area contributed by atoms with E-state index in [1.54, 1.807) is 0 Å². The normalized spacial score (nSPS) is 19.8. The number of aromatic nitrogens is 1. The van der Waals surface area contributed by atoms with Crippen LogP contribution < -0.4 is 0 Å². The molecular formula is C15H15ClN2O2S. The number of pyridine rings is 1. The van der Waals surface area contributed by atoms with Crippen LogP contribution >= 0.6 is 11.6 Å². The van der Waals surface area contributed by atoms with Crippen LogP contribution in [0.3, 0.4) is 0 Å². The second-order valence-electron chi connectivity index (χ2n) is 5.07. The number of hydrogen-bond donors (Lipinski definition) is 0. The standard InChI is InChI=1S/C15H15ClN2O2S/c16-14-6-8-17-10-15(14)21(19,20)18-9-7-13(11-18)12-4-2-1-3-5-12/h1-6,8,10,13H,7,9,11H2. The zero-order chi connectivity index (χ0) is 14.9. The van der Waals surface area contributed by atoms with Crippen molar-refractivity contribution in [3.63, 3.8) is 0 Å². The lowest BCUT2D eigenvalue weighted by molar-refractivity contribution is 0.472. The molecule has 0 aliphatic carbocycles. The van der Waals surface area contributed by atoms with Crippen molar-refractivity contribution >= 4 is 21.6 Å². The number of nitrogens with zero attached hydrogens (tertiary/aromatic N) is 2. The van der Waals surface area contributed by atoms with E-state index in [4.69, 9.17) is 11.6 Å². The van der Waals surface area contributed by atoms with Crippen molar-refractivity contribution in [2.75, 3.05) is 13.1 Å². The number of hydrogen-bond acceptors (Lipinski definition) is 3. The monoisotopic (exact) mass is 322 g/mol. The molecule has 1 saturated heterocycles. The van der Waals surface area contributed by atoms with E-state index >= 15 is 0 Å². The zero-order valence-electron chi connectivity index (χ0n) is 11.3. The molecule has 2 heterocycles. The smallest absolute Gasteiger partial charge is 0.246 e. The first-order valence-corrected chi connectivity index (χ1v) is 8.55. The Labute approximate surface area is 129 Å². The van der Waals surface area contributed by atoms with Crippen molar-refractivity contribution < 1.29 is 8.42 Å². The lowest BCUT2D eigenvalue weighted by atomic mass is 9.99. The van der Waals surface area contributed by atoms with E-state index in [0.717, 1.165) is 6.42 Å². The first kappa shape index (κ1) is 14.5. The van der Waals surface area contributed by atoms with Gasteiger partial charge in [-0.1, -0.05) is 41.9 Å². The minimum absolute atomic E-state index is 0.0837. The third kappa shape index (κ3) is 2.81. The largest absolute Gasteiger partial charge is 0.263 e. The minimum Gasteiger partial charge on any atom is -0.263 e. The summed E-state index contributed by atoms with van der Waals surface area (Å²) in [5.74, 6) is 0.233. The van der Waals surface area contributed by atoms with Crippen LogP contribution in [0.2, 0.25) is 5.02 Å². The summed E-state index contributed by atoms with van der Waals surface area (Å²) in [5.41, 5.74) is 1.17. The minimum atomic E-state index is -3.57. The topological polar surface area (TPSA) is 50.3 Å². The predicted octanol–water partition coefficient (Wildman–Crippen LogP) is 2.91. The van der Waals surface area contributed by atoms with Gasteiger partial charge in [0.05, 0.1) is 5.02 Å². The quantitative estimate of drug-likeness (QED) is 0.873. The van der Waals surface area contributed by atoms with Gasteiger partial charge < -0.3 is 0 Å². The highest BCUT2D eigenvalue weighted by atomic mass is 35.5. The Hall–Kier alpha value is -1.43. The van der Waals surface area contributed by atoms with Gasteiger partial charge in [0.2, 0.25) is 10.0 Å². The van der Waals surface area contributed by atoms with Gasteiger partial charge in [-0.25, -0.2) is 8.42 Å². The highest BCUT2D eigenvalue weighted by molar-refractivity contribution is 7.89. The van der Waals surface area contributed by atoms with E-state index in [2.05, 4.69) is 4.98 Å². The van der Waals surface area contributed by atoms with Crippen LogP contribution in [0, 0.1) is 0 Å². The molecule has 2 aromatic rings. The van der Waals surface area contributed by atoms with Crippen LogP contribution in [-0.4, -0.2) is 30.8 Å². The van der Waals surface area contributed by atoms with Crippen molar-refractivity contribution in [1.82, 2.24) is 9.29 Å². The maximum Gasteiger partial charge on any atom is 0.246 e. The van der Waals surface area contributed by atoms with E-state index < -0.39 is 10.0 Å². The van der Waals surface area contributed by atoms with Crippen molar-refractivity contribution in [3.8, 4) is 0 Å². The summed E-state index contributed by atoms with van der Waals surface area (Å²) in [5, 5.41) is 0.216. The van der Waals surface area contributed by atoms with Crippen molar-refractivity contribution in [1.29, 1.82) is 0 Å². The Morgan fingerprint density at radius 2 is 1.95 bits per heavy atom. The molecule has 21 heavy (non-hydrogen) atoms. The molecule has 1 aliphatic rings. The number of rotatable bonds is 3. The molecule has 0 N–H and O–H groups in total.